The van der Waals surface area contributed by atoms with Crippen LogP contribution in [-0.4, -0.2) is 9.13 Å². The van der Waals surface area contributed by atoms with Crippen molar-refractivity contribution in [1.82, 2.24) is 9.13 Å². The summed E-state index contributed by atoms with van der Waals surface area (Å²) in [6, 6.07) is 174. The van der Waals surface area contributed by atoms with E-state index in [2.05, 4.69) is 551 Å². The normalized spacial score (nSPS) is 12.0. The topological polar surface area (TPSA) is 32.7 Å². The average Bonchev–Trinajstić information content (AvgIpc) is 1.50. The first-order valence-electron chi connectivity index (χ1n) is 43.8. The Bertz CT molecular complexity index is 8080. The van der Waals surface area contributed by atoms with Gasteiger partial charge in [-0.1, -0.05) is 339 Å². The fraction of sp³-hybridized carbons (Fsp3) is 0.00826. The van der Waals surface area contributed by atoms with Crippen LogP contribution in [0.2, 0.25) is 0 Å². The van der Waals surface area contributed by atoms with Gasteiger partial charge in [0.1, 0.15) is 11.2 Å². The Morgan fingerprint density at radius 1 is 0.185 bits per heavy atom. The molecular formula is C121H80Br3N5O. The Morgan fingerprint density at radius 2 is 0.515 bits per heavy atom. The molecule has 6 nitrogen and oxygen atoms in total. The van der Waals surface area contributed by atoms with Gasteiger partial charge in [-0.2, -0.15) is 0 Å². The van der Waals surface area contributed by atoms with E-state index >= 15 is 0 Å². The maximum absolute atomic E-state index is 6.33. The third kappa shape index (κ3) is 14.2. The van der Waals surface area contributed by atoms with E-state index < -0.39 is 5.41 Å². The molecule has 25 rings (SSSR count). The largest absolute Gasteiger partial charge is 0.456 e. The van der Waals surface area contributed by atoms with E-state index in [1.807, 2.05) is 6.07 Å². The van der Waals surface area contributed by atoms with Gasteiger partial charge in [-0.3, -0.25) is 0 Å². The zero-order valence-electron chi connectivity index (χ0n) is 70.5. The quantitative estimate of drug-likeness (QED) is 0.109. The predicted octanol–water partition coefficient (Wildman–Crippen LogP) is 35.2. The standard InChI is InChI=1S/C49H31BrN2.C36H25BrN2.C36H24BrNO/c50-32-23-26-39-40-27-24-36(31-46(40)49(45(39)29-32)43-20-10-7-17-37(43)38-18-8-11-21-44(38)49)51(33-13-3-1-4-14-33)35-25-28-48-42(30-35)41-19-9-12-22-47(41)52(48)34-15-5-2-6-16-34;37-28-18-22-33-34-23-21-32(25-36(34)39(35(33)24-28)30-14-8-3-9-15-30)38(29-12-6-2-7-13-29)31-19-16-27(17-20-31)26-10-4-1-5-11-26;37-29-17-19-33-34-20-18-32(24-36(34)39-35(33)23-29)38(30-15-7-13-27(21-30)25-9-3-1-4-10-25)31-16-8-14-28(22-31)26-11-5-2-6-12-26/h1-31H;1-25H;1-24H. The number of benzene rings is 20. The van der Waals surface area contributed by atoms with Crippen LogP contribution in [0.1, 0.15) is 22.3 Å². The van der Waals surface area contributed by atoms with Crippen LogP contribution in [0.15, 0.2) is 503 Å². The Labute approximate surface area is 779 Å². The third-order valence-electron chi connectivity index (χ3n) is 25.6. The summed E-state index contributed by atoms with van der Waals surface area (Å²) in [7, 11) is 0. The van der Waals surface area contributed by atoms with Gasteiger partial charge in [-0.05, 0) is 266 Å². The molecule has 9 heteroatoms. The van der Waals surface area contributed by atoms with Crippen LogP contribution in [0.3, 0.4) is 0 Å². The highest BCUT2D eigenvalue weighted by Gasteiger charge is 2.52. The predicted molar refractivity (Wildman–Crippen MR) is 555 cm³/mol. The summed E-state index contributed by atoms with van der Waals surface area (Å²) in [5, 5.41) is 7.16. The molecule has 0 fully saturated rings. The van der Waals surface area contributed by atoms with Gasteiger partial charge < -0.3 is 28.3 Å². The second-order valence-corrected chi connectivity index (χ2v) is 35.8. The highest BCUT2D eigenvalue weighted by Crippen LogP contribution is 2.64. The molecule has 0 bridgehead atoms. The molecule has 616 valence electrons. The lowest BCUT2D eigenvalue weighted by atomic mass is 9.70. The number of fused-ring (bicyclic) bond motifs is 19. The van der Waals surface area contributed by atoms with Gasteiger partial charge >= 0.3 is 0 Å². The van der Waals surface area contributed by atoms with Crippen molar-refractivity contribution >= 4 is 165 Å². The number of halogens is 3. The number of furan rings is 1. The summed E-state index contributed by atoms with van der Waals surface area (Å²) in [5.74, 6) is 0. The van der Waals surface area contributed by atoms with E-state index in [1.54, 1.807) is 0 Å². The molecule has 20 aromatic carbocycles. The van der Waals surface area contributed by atoms with Gasteiger partial charge in [0.05, 0.1) is 27.5 Å². The second kappa shape index (κ2) is 33.8. The molecule has 0 saturated carbocycles. The molecule has 3 aromatic heterocycles. The van der Waals surface area contributed by atoms with Crippen molar-refractivity contribution in [2.45, 2.75) is 5.41 Å². The van der Waals surface area contributed by atoms with Gasteiger partial charge in [0.25, 0.3) is 0 Å². The van der Waals surface area contributed by atoms with Crippen molar-refractivity contribution in [1.29, 1.82) is 0 Å². The van der Waals surface area contributed by atoms with E-state index in [4.69, 9.17) is 4.42 Å². The molecule has 3 heterocycles. The van der Waals surface area contributed by atoms with Crippen LogP contribution in [0.25, 0.3) is 133 Å². The molecule has 2 aliphatic rings. The van der Waals surface area contributed by atoms with Crippen molar-refractivity contribution < 1.29 is 4.42 Å². The average molecular weight is 1860 g/mol. The third-order valence-corrected chi connectivity index (χ3v) is 27.0. The minimum atomic E-state index is -0.437. The summed E-state index contributed by atoms with van der Waals surface area (Å²) < 4.78 is 14.2. The minimum Gasteiger partial charge on any atom is -0.456 e. The molecule has 0 radical (unpaired) electrons. The Morgan fingerprint density at radius 3 is 1.11 bits per heavy atom. The highest BCUT2D eigenvalue weighted by molar-refractivity contribution is 9.11. The van der Waals surface area contributed by atoms with Gasteiger partial charge in [-0.15, -0.1) is 0 Å². The summed E-state index contributed by atoms with van der Waals surface area (Å²) in [6.07, 6.45) is 0. The summed E-state index contributed by atoms with van der Waals surface area (Å²) in [4.78, 5) is 7.06. The lowest BCUT2D eigenvalue weighted by molar-refractivity contribution is 0.668. The number of aromatic nitrogens is 2. The molecular weight excluding hydrogens is 1780 g/mol. The molecule has 0 atom stereocenters. The van der Waals surface area contributed by atoms with E-state index in [-0.39, 0.29) is 0 Å². The summed E-state index contributed by atoms with van der Waals surface area (Å²) >= 11 is 11.1. The molecule has 1 spiro atoms. The van der Waals surface area contributed by atoms with Crippen LogP contribution in [0, 0.1) is 0 Å². The lowest BCUT2D eigenvalue weighted by Crippen LogP contribution is -2.26. The number of anilines is 9. The molecule has 23 aromatic rings. The van der Waals surface area contributed by atoms with Crippen LogP contribution in [-0.2, 0) is 5.41 Å². The van der Waals surface area contributed by atoms with E-state index in [1.165, 1.54) is 122 Å². The molecule has 130 heavy (non-hydrogen) atoms. The van der Waals surface area contributed by atoms with Crippen LogP contribution in [0.5, 0.6) is 0 Å². The number of para-hydroxylation sites is 5. The van der Waals surface area contributed by atoms with Crippen molar-refractivity contribution in [3.8, 4) is 67.0 Å². The van der Waals surface area contributed by atoms with Gasteiger partial charge in [-0.25, -0.2) is 0 Å². The smallest absolute Gasteiger partial charge is 0.137 e. The van der Waals surface area contributed by atoms with Crippen molar-refractivity contribution in [2.24, 2.45) is 0 Å². The molecule has 2 aliphatic carbocycles. The fourth-order valence-electron chi connectivity index (χ4n) is 19.9. The number of hydrogen-bond donors (Lipinski definition) is 0. The monoisotopic (exact) mass is 1860 g/mol. The van der Waals surface area contributed by atoms with E-state index in [9.17, 15) is 0 Å². The maximum atomic E-state index is 6.33. The molecule has 0 saturated heterocycles. The Kier molecular flexibility index (Phi) is 20.6. The summed E-state index contributed by atoms with van der Waals surface area (Å²) in [5.41, 5.74) is 35.9. The number of rotatable bonds is 14. The molecule has 0 unspecified atom stereocenters. The molecule has 0 N–H and O–H groups in total. The Balaban J connectivity index is 0.000000113. The van der Waals surface area contributed by atoms with Crippen molar-refractivity contribution in [3.05, 3.63) is 521 Å². The Hall–Kier alpha value is -15.4. The van der Waals surface area contributed by atoms with Gasteiger partial charge in [0.15, 0.2) is 0 Å². The fourth-order valence-corrected chi connectivity index (χ4v) is 20.9. The van der Waals surface area contributed by atoms with E-state index in [0.29, 0.717) is 0 Å². The first-order valence-corrected chi connectivity index (χ1v) is 46.2. The first kappa shape index (κ1) is 79.3. The minimum absolute atomic E-state index is 0.437. The second-order valence-electron chi connectivity index (χ2n) is 33.0. The number of nitrogens with zero attached hydrogens (tertiary/aromatic N) is 5. The van der Waals surface area contributed by atoms with E-state index in [0.717, 1.165) is 97.9 Å². The number of hydrogen-bond acceptors (Lipinski definition) is 4. The maximum Gasteiger partial charge on any atom is 0.137 e. The zero-order valence-corrected chi connectivity index (χ0v) is 75.2. The highest BCUT2D eigenvalue weighted by atomic mass is 79.9. The van der Waals surface area contributed by atoms with Crippen molar-refractivity contribution in [2.75, 3.05) is 14.7 Å². The van der Waals surface area contributed by atoms with Crippen LogP contribution < -0.4 is 14.7 Å². The van der Waals surface area contributed by atoms with Crippen molar-refractivity contribution in [3.63, 3.8) is 0 Å². The summed E-state index contributed by atoms with van der Waals surface area (Å²) in [6.45, 7) is 0. The molecule has 0 aliphatic heterocycles. The SMILES string of the molecule is Brc1ccc2c(c1)C1(c3ccccc3-c3ccccc31)c1cc(N(c3ccccc3)c3ccc4c(c3)c3ccccc3n4-c3ccccc3)ccc1-2.Brc1ccc2c(c1)oc1cc(N(c3cccc(-c4ccccc4)c3)c3cccc(-c4ccccc4)c3)ccc12.Brc1ccc2c3ccc(N(c4ccccc4)c4ccc(-c5ccccc5)cc4)cc3n(-c3ccccc3)c2c1. The van der Waals surface area contributed by atoms with Gasteiger partial charge in [0, 0.05) is 114 Å². The van der Waals surface area contributed by atoms with Crippen LogP contribution >= 0.6 is 47.8 Å². The van der Waals surface area contributed by atoms with Gasteiger partial charge in [0.2, 0.25) is 0 Å². The molecule has 0 amide bonds. The first-order chi connectivity index (χ1) is 64.2. The lowest BCUT2D eigenvalue weighted by Gasteiger charge is -2.32. The van der Waals surface area contributed by atoms with Crippen LogP contribution in [0.4, 0.5) is 51.2 Å². The zero-order chi connectivity index (χ0) is 86.8.